The Morgan fingerprint density at radius 3 is 2.11 bits per heavy atom. The third-order valence-corrected chi connectivity index (χ3v) is 2.28. The van der Waals surface area contributed by atoms with Crippen LogP contribution in [0.4, 0.5) is 0 Å². The van der Waals surface area contributed by atoms with Crippen LogP contribution in [0.3, 0.4) is 0 Å². The fourth-order valence-corrected chi connectivity index (χ4v) is 1.28. The molecule has 0 saturated heterocycles. The second-order valence-corrected chi connectivity index (χ2v) is 4.10. The maximum atomic E-state index is 6.38. The summed E-state index contributed by atoms with van der Waals surface area (Å²) in [4.78, 5) is 0. The van der Waals surface area contributed by atoms with Gasteiger partial charge in [0.2, 0.25) is 0 Å². The summed E-state index contributed by atoms with van der Waals surface area (Å²) in [5.74, 6) is 0. The van der Waals surface area contributed by atoms with E-state index < -0.39 is 0 Å². The van der Waals surface area contributed by atoms with Gasteiger partial charge in [-0.25, -0.2) is 0 Å². The van der Waals surface area contributed by atoms with Crippen molar-refractivity contribution in [2.45, 2.75) is 26.6 Å². The van der Waals surface area contributed by atoms with E-state index in [1.807, 2.05) is 6.08 Å². The zero-order chi connectivity index (χ0) is 14.3. The van der Waals surface area contributed by atoms with Crippen molar-refractivity contribution in [3.8, 4) is 0 Å². The van der Waals surface area contributed by atoms with Crippen LogP contribution in [0.1, 0.15) is 25.8 Å². The summed E-state index contributed by atoms with van der Waals surface area (Å²) in [6.07, 6.45) is 12.5. The molecule has 1 unspecified atom stereocenters. The molecule has 3 heteroatoms. The summed E-state index contributed by atoms with van der Waals surface area (Å²) in [5.41, 5.74) is 2.57. The predicted octanol–water partition coefficient (Wildman–Crippen LogP) is 4.92. The first-order chi connectivity index (χ1) is 9.28. The van der Waals surface area contributed by atoms with E-state index >= 15 is 0 Å². The summed E-state index contributed by atoms with van der Waals surface area (Å²) in [6.45, 7) is 7.96. The van der Waals surface area contributed by atoms with Crippen molar-refractivity contribution in [2.24, 2.45) is 0 Å². The van der Waals surface area contributed by atoms with Gasteiger partial charge in [-0.1, -0.05) is 74.9 Å². The van der Waals surface area contributed by atoms with Gasteiger partial charge in [0.05, 0.1) is 0 Å². The van der Waals surface area contributed by atoms with Crippen molar-refractivity contribution in [2.75, 3.05) is 0 Å². The van der Waals surface area contributed by atoms with Crippen LogP contribution >= 0.6 is 9.12 Å². The van der Waals surface area contributed by atoms with Crippen molar-refractivity contribution in [3.05, 3.63) is 66.3 Å². The molecule has 0 amide bonds. The summed E-state index contributed by atoms with van der Waals surface area (Å²) >= 11 is 0. The Morgan fingerprint density at radius 2 is 1.84 bits per heavy atom. The van der Waals surface area contributed by atoms with Gasteiger partial charge in [0.15, 0.2) is 0 Å². The average Bonchev–Trinajstić information content (AvgIpc) is 3.07. The Balaban J connectivity index is 0. The fraction of sp³-hybridized carbons (Fsp3) is 0.250. The molecule has 0 saturated carbocycles. The third kappa shape index (κ3) is 12.3. The summed E-state index contributed by atoms with van der Waals surface area (Å²) in [5, 5.41) is 0. The first-order valence-electron chi connectivity index (χ1n) is 6.84. The smallest absolute Gasteiger partial charge is 0.134 e. The topological polar surface area (TPSA) is 0 Å². The van der Waals surface area contributed by atoms with Crippen LogP contribution in [0.5, 0.6) is 0 Å². The van der Waals surface area contributed by atoms with Gasteiger partial charge in [-0.05, 0) is 24.0 Å². The monoisotopic (exact) mass is 309 g/mol. The minimum Gasteiger partial charge on any atom is -0.178 e. The van der Waals surface area contributed by atoms with Crippen LogP contribution < -0.4 is 0 Å². The molecule has 0 aromatic heterocycles. The maximum absolute atomic E-state index is 6.38. The molecule has 1 aliphatic rings. The number of aryl methyl sites for hydroxylation is 1. The molecule has 19 heavy (non-hydrogen) atoms. The molecular formula is C16H23BPV. The van der Waals surface area contributed by atoms with Crippen molar-refractivity contribution in [1.82, 2.24) is 0 Å². The number of benzene rings is 1. The number of hydrogen-bond donors (Lipinski definition) is 0. The SMILES string of the molecule is C1=CCC=C1.C=Cc1ccc(CC)cc1.[2H]C[B]P.[V]. The van der Waals surface area contributed by atoms with Gasteiger partial charge in [-0.2, -0.15) is 9.12 Å². The molecule has 0 heterocycles. The average molecular weight is 309 g/mol. The van der Waals surface area contributed by atoms with Crippen LogP contribution in [0.25, 0.3) is 6.08 Å². The summed E-state index contributed by atoms with van der Waals surface area (Å²) < 4.78 is 6.38. The van der Waals surface area contributed by atoms with Crippen molar-refractivity contribution >= 4 is 22.2 Å². The van der Waals surface area contributed by atoms with Crippen molar-refractivity contribution in [3.63, 3.8) is 0 Å². The first-order valence-corrected chi connectivity index (χ1v) is 6.80. The Kier molecular flexibility index (Phi) is 15.2. The van der Waals surface area contributed by atoms with E-state index in [1.165, 1.54) is 11.1 Å². The van der Waals surface area contributed by atoms with Crippen LogP contribution in [-0.2, 0) is 25.0 Å². The maximum Gasteiger partial charge on any atom is 0.134 e. The van der Waals surface area contributed by atoms with E-state index in [-0.39, 0.29) is 18.6 Å². The van der Waals surface area contributed by atoms with Crippen LogP contribution in [0.15, 0.2) is 55.1 Å². The van der Waals surface area contributed by atoms with Crippen molar-refractivity contribution < 1.29 is 19.9 Å². The molecule has 1 atom stereocenters. The third-order valence-electron chi connectivity index (χ3n) is 2.28. The molecule has 0 N–H and O–H groups in total. The largest absolute Gasteiger partial charge is 0.178 e. The minimum absolute atomic E-state index is 0. The van der Waals surface area contributed by atoms with E-state index in [2.05, 4.69) is 71.2 Å². The Hall–Kier alpha value is -0.481. The molecule has 1 aromatic rings. The quantitative estimate of drug-likeness (QED) is 0.537. The van der Waals surface area contributed by atoms with Gasteiger partial charge >= 0.3 is 0 Å². The molecular weight excluding hydrogens is 285 g/mol. The van der Waals surface area contributed by atoms with E-state index in [0.717, 1.165) is 12.8 Å². The zero-order valence-electron chi connectivity index (χ0n) is 12.6. The van der Waals surface area contributed by atoms with Crippen LogP contribution in [0.2, 0.25) is 6.80 Å². The first kappa shape index (κ1) is 18.5. The Labute approximate surface area is 135 Å². The second kappa shape index (κ2) is 15.6. The van der Waals surface area contributed by atoms with E-state index in [1.54, 1.807) is 7.00 Å². The van der Waals surface area contributed by atoms with Gasteiger partial charge < -0.3 is 0 Å². The van der Waals surface area contributed by atoms with Gasteiger partial charge in [0.1, 0.15) is 7.00 Å². The van der Waals surface area contributed by atoms with Gasteiger partial charge in [0.25, 0.3) is 0 Å². The predicted molar refractivity (Wildman–Crippen MR) is 90.1 cm³/mol. The Bertz CT molecular complexity index is 376. The van der Waals surface area contributed by atoms with E-state index in [4.69, 9.17) is 1.37 Å². The van der Waals surface area contributed by atoms with Gasteiger partial charge in [0, 0.05) is 19.9 Å². The molecule has 0 nitrogen and oxygen atoms in total. The molecule has 0 bridgehead atoms. The molecule has 1 aliphatic carbocycles. The molecule has 2 radical (unpaired) electrons. The molecule has 0 aliphatic heterocycles. The van der Waals surface area contributed by atoms with Crippen molar-refractivity contribution in [1.29, 1.82) is 0 Å². The van der Waals surface area contributed by atoms with E-state index in [9.17, 15) is 0 Å². The molecule has 1 aromatic carbocycles. The number of rotatable bonds is 2. The van der Waals surface area contributed by atoms with E-state index in [0.29, 0.717) is 6.80 Å². The Morgan fingerprint density at radius 1 is 1.32 bits per heavy atom. The summed E-state index contributed by atoms with van der Waals surface area (Å²) in [7, 11) is 2.34. The van der Waals surface area contributed by atoms with Crippen LogP contribution in [0, 0.1) is 0 Å². The van der Waals surface area contributed by atoms with Gasteiger partial charge in [-0.3, -0.25) is 0 Å². The number of hydrogen-bond acceptors (Lipinski definition) is 0. The molecule has 0 fully saturated rings. The second-order valence-electron chi connectivity index (χ2n) is 3.63. The molecule has 0 spiro atoms. The standard InChI is InChI=1S/C10H12.C5H6.CH5BP.V/c1-3-9-5-7-10(4-2)8-6-9;1-2-4-5-3-1;1-2-3;/h3,5-8H,1,4H2,2H3;1-4H,5H2;3H2,1H3;/i;;1D;. The number of allylic oxidation sites excluding steroid dienone is 4. The van der Waals surface area contributed by atoms with Crippen LogP contribution in [-0.4, -0.2) is 7.00 Å². The molecule has 100 valence electrons. The summed E-state index contributed by atoms with van der Waals surface area (Å²) in [6, 6.07) is 8.45. The zero-order valence-corrected chi connectivity index (χ0v) is 14.2. The molecule has 2 rings (SSSR count). The minimum atomic E-state index is 0. The normalized spacial score (nSPS) is 10.9. The fourth-order valence-electron chi connectivity index (χ4n) is 1.28. The van der Waals surface area contributed by atoms with Gasteiger partial charge in [-0.15, -0.1) is 0 Å².